The average Bonchev–Trinajstić information content (AvgIpc) is 2.73. The van der Waals surface area contributed by atoms with Crippen LogP contribution in [-0.2, 0) is 0 Å². The Morgan fingerprint density at radius 3 is 2.50 bits per heavy atom. The lowest BCUT2D eigenvalue weighted by Crippen LogP contribution is -2.58. The second-order valence-corrected chi connectivity index (χ2v) is 13.4. The van der Waals surface area contributed by atoms with E-state index in [4.69, 9.17) is 0 Å². The van der Waals surface area contributed by atoms with Crippen LogP contribution >= 0.6 is 0 Å². The highest BCUT2D eigenvalue weighted by molar-refractivity contribution is 6.76. The van der Waals surface area contributed by atoms with Gasteiger partial charge >= 0.3 is 0 Å². The van der Waals surface area contributed by atoms with Crippen LogP contribution in [0.1, 0.15) is 51.2 Å². The fraction of sp³-hybridized carbons (Fsp3) is 0.600. The molecule has 0 amide bonds. The number of fused-ring (bicyclic) bond motifs is 3. The van der Waals surface area contributed by atoms with Crippen molar-refractivity contribution in [2.45, 2.75) is 64.2 Å². The predicted molar refractivity (Wildman–Crippen MR) is 99.6 cm³/mol. The molecule has 3 rings (SSSR count). The Labute approximate surface area is 137 Å². The van der Waals surface area contributed by atoms with Gasteiger partial charge in [-0.05, 0) is 61.6 Å². The largest absolute Gasteiger partial charge is 0.332 e. The smallest absolute Gasteiger partial charge is 0.123 e. The molecule has 0 radical (unpaired) electrons. The zero-order valence-corrected chi connectivity index (χ0v) is 16.0. The van der Waals surface area contributed by atoms with Crippen LogP contribution in [0.4, 0.5) is 0 Å². The summed E-state index contributed by atoms with van der Waals surface area (Å²) in [5.41, 5.74) is 4.06. The molecule has 4 unspecified atom stereocenters. The molecule has 0 heterocycles. The van der Waals surface area contributed by atoms with Gasteiger partial charge in [0.05, 0.1) is 0 Å². The number of hydrogen-bond donors (Lipinski definition) is 1. The second kappa shape index (κ2) is 5.35. The van der Waals surface area contributed by atoms with E-state index in [0.717, 1.165) is 23.3 Å². The first-order valence-corrected chi connectivity index (χ1v) is 11.8. The van der Waals surface area contributed by atoms with Crippen LogP contribution in [0.2, 0.25) is 18.6 Å². The second-order valence-electron chi connectivity index (χ2n) is 9.01. The van der Waals surface area contributed by atoms with E-state index >= 15 is 0 Å². The van der Waals surface area contributed by atoms with Gasteiger partial charge in [-0.15, -0.1) is 0 Å². The molecule has 1 N–H and O–H groups in total. The molecule has 1 fully saturated rings. The maximum Gasteiger partial charge on any atom is 0.123 e. The van der Waals surface area contributed by atoms with Gasteiger partial charge in [0.15, 0.2) is 0 Å². The third kappa shape index (κ3) is 2.83. The van der Waals surface area contributed by atoms with E-state index in [2.05, 4.69) is 82.2 Å². The quantitative estimate of drug-likeness (QED) is 0.719. The summed E-state index contributed by atoms with van der Waals surface area (Å²) >= 11 is 0. The fourth-order valence-corrected chi connectivity index (χ4v) is 10.3. The summed E-state index contributed by atoms with van der Waals surface area (Å²) in [5.74, 6) is 2.26. The molecule has 2 aliphatic carbocycles. The number of nitrogens with one attached hydrogen (secondary N) is 1. The van der Waals surface area contributed by atoms with Crippen molar-refractivity contribution in [3.63, 3.8) is 0 Å². The molecule has 1 aromatic carbocycles. The Balaban J connectivity index is 1.93. The minimum atomic E-state index is -1.50. The van der Waals surface area contributed by atoms with E-state index in [1.54, 1.807) is 5.56 Å². The normalized spacial score (nSPS) is 31.0. The van der Waals surface area contributed by atoms with Crippen LogP contribution < -0.4 is 4.98 Å². The van der Waals surface area contributed by atoms with Crippen molar-refractivity contribution >= 4 is 14.3 Å². The Morgan fingerprint density at radius 2 is 1.82 bits per heavy atom. The van der Waals surface area contributed by atoms with E-state index in [1.807, 2.05) is 0 Å². The maximum absolute atomic E-state index is 4.03. The van der Waals surface area contributed by atoms with Gasteiger partial charge in [-0.3, -0.25) is 0 Å². The molecule has 0 aromatic heterocycles. The first-order valence-electron chi connectivity index (χ1n) is 8.75. The SMILES string of the molecule is CC1CC2c3ccccc3C=CC2C1[Si](C)(C)NC(C)(C)C. The van der Waals surface area contributed by atoms with Crippen LogP contribution in [0.15, 0.2) is 30.3 Å². The van der Waals surface area contributed by atoms with Gasteiger partial charge in [0.1, 0.15) is 8.24 Å². The van der Waals surface area contributed by atoms with E-state index < -0.39 is 8.24 Å². The predicted octanol–water partition coefficient (Wildman–Crippen LogP) is 5.42. The third-order valence-corrected chi connectivity index (χ3v) is 9.56. The summed E-state index contributed by atoms with van der Waals surface area (Å²) in [6, 6.07) is 9.01. The summed E-state index contributed by atoms with van der Waals surface area (Å²) in [6.45, 7) is 14.5. The lowest BCUT2D eigenvalue weighted by molar-refractivity contribution is 0.478. The van der Waals surface area contributed by atoms with Crippen LogP contribution in [0.25, 0.3) is 6.08 Å². The van der Waals surface area contributed by atoms with Gasteiger partial charge in [-0.2, -0.15) is 0 Å². The molecule has 1 nitrogen and oxygen atoms in total. The van der Waals surface area contributed by atoms with Gasteiger partial charge in [0.25, 0.3) is 0 Å². The Bertz CT molecular complexity index is 582. The number of benzene rings is 1. The number of hydrogen-bond acceptors (Lipinski definition) is 1. The Kier molecular flexibility index (Phi) is 3.89. The Morgan fingerprint density at radius 1 is 1.14 bits per heavy atom. The van der Waals surface area contributed by atoms with Crippen molar-refractivity contribution in [3.05, 3.63) is 41.5 Å². The molecule has 4 atom stereocenters. The summed E-state index contributed by atoms with van der Waals surface area (Å²) < 4.78 is 0. The van der Waals surface area contributed by atoms with Crippen LogP contribution in [0.3, 0.4) is 0 Å². The molecule has 120 valence electrons. The molecule has 22 heavy (non-hydrogen) atoms. The highest BCUT2D eigenvalue weighted by Crippen LogP contribution is 2.57. The summed E-state index contributed by atoms with van der Waals surface area (Å²) in [4.78, 5) is 4.03. The fourth-order valence-electron chi connectivity index (χ4n) is 5.38. The molecule has 2 heteroatoms. The van der Waals surface area contributed by atoms with Gasteiger partial charge < -0.3 is 4.98 Å². The molecule has 0 spiro atoms. The van der Waals surface area contributed by atoms with E-state index in [0.29, 0.717) is 0 Å². The zero-order valence-electron chi connectivity index (χ0n) is 15.0. The van der Waals surface area contributed by atoms with E-state index in [9.17, 15) is 0 Å². The average molecular weight is 314 g/mol. The lowest BCUT2D eigenvalue weighted by atomic mass is 9.81. The number of rotatable bonds is 2. The molecule has 1 aromatic rings. The topological polar surface area (TPSA) is 12.0 Å². The highest BCUT2D eigenvalue weighted by atomic mass is 28.3. The molecular formula is C20H31NSi. The van der Waals surface area contributed by atoms with Crippen molar-refractivity contribution in [2.24, 2.45) is 11.8 Å². The van der Waals surface area contributed by atoms with Gasteiger partial charge in [-0.1, -0.05) is 56.4 Å². The molecule has 2 aliphatic rings. The highest BCUT2D eigenvalue weighted by Gasteiger charge is 2.50. The van der Waals surface area contributed by atoms with Gasteiger partial charge in [0, 0.05) is 5.54 Å². The molecule has 0 saturated heterocycles. The van der Waals surface area contributed by atoms with E-state index in [-0.39, 0.29) is 5.54 Å². The summed E-state index contributed by atoms with van der Waals surface area (Å²) in [6.07, 6.45) is 6.25. The van der Waals surface area contributed by atoms with Crippen molar-refractivity contribution in [3.8, 4) is 0 Å². The van der Waals surface area contributed by atoms with Crippen LogP contribution in [-0.4, -0.2) is 13.8 Å². The molecule has 0 bridgehead atoms. The molecule has 1 saturated carbocycles. The lowest BCUT2D eigenvalue weighted by Gasteiger charge is -2.42. The molecular weight excluding hydrogens is 282 g/mol. The van der Waals surface area contributed by atoms with Gasteiger partial charge in [-0.25, -0.2) is 0 Å². The molecule has 0 aliphatic heterocycles. The summed E-state index contributed by atoms with van der Waals surface area (Å²) in [7, 11) is -1.50. The monoisotopic (exact) mass is 313 g/mol. The zero-order chi connectivity index (χ0) is 16.1. The number of allylic oxidation sites excluding steroid dienone is 1. The first-order chi connectivity index (χ1) is 10.2. The van der Waals surface area contributed by atoms with E-state index in [1.165, 1.54) is 12.0 Å². The summed E-state index contributed by atoms with van der Waals surface area (Å²) in [5, 5.41) is 0. The standard InChI is InChI=1S/C20H31NSi/c1-14-13-18-16-10-8-7-9-15(16)11-12-17(18)19(14)22(5,6)21-20(2,3)4/h7-12,14,17-19,21H,13H2,1-6H3. The van der Waals surface area contributed by atoms with Crippen molar-refractivity contribution < 1.29 is 0 Å². The third-order valence-electron chi connectivity index (χ3n) is 5.54. The van der Waals surface area contributed by atoms with Gasteiger partial charge in [0.2, 0.25) is 0 Å². The Hall–Kier alpha value is -0.863. The minimum absolute atomic E-state index is 0.212. The van der Waals surface area contributed by atoms with Crippen LogP contribution in [0, 0.1) is 11.8 Å². The van der Waals surface area contributed by atoms with Crippen molar-refractivity contribution in [2.75, 3.05) is 0 Å². The van der Waals surface area contributed by atoms with Crippen molar-refractivity contribution in [1.29, 1.82) is 0 Å². The van der Waals surface area contributed by atoms with Crippen molar-refractivity contribution in [1.82, 2.24) is 4.98 Å². The van der Waals surface area contributed by atoms with Crippen LogP contribution in [0.5, 0.6) is 0 Å². The first kappa shape index (κ1) is 16.0. The maximum atomic E-state index is 4.03. The minimum Gasteiger partial charge on any atom is -0.332 e.